The summed E-state index contributed by atoms with van der Waals surface area (Å²) in [6.45, 7) is 0. The zero-order chi connectivity index (χ0) is 7.56. The fourth-order valence-corrected chi connectivity index (χ4v) is 0.619. The van der Waals surface area contributed by atoms with Gasteiger partial charge in [-0.3, -0.25) is 4.79 Å². The third-order valence-electron chi connectivity index (χ3n) is 1.08. The SMILES string of the molecule is NC(=O)c1cccc[n+]1[O-]. The van der Waals surface area contributed by atoms with Gasteiger partial charge in [-0.25, -0.2) is 0 Å². The number of rotatable bonds is 1. The smallest absolute Gasteiger partial charge is 0.314 e. The van der Waals surface area contributed by atoms with E-state index < -0.39 is 5.91 Å². The minimum atomic E-state index is -0.712. The Balaban J connectivity index is 3.15. The molecule has 0 bridgehead atoms. The van der Waals surface area contributed by atoms with Crippen LogP contribution < -0.4 is 10.5 Å². The van der Waals surface area contributed by atoms with E-state index >= 15 is 0 Å². The molecule has 1 aromatic rings. The number of carbonyl (C=O) groups excluding carboxylic acids is 1. The summed E-state index contributed by atoms with van der Waals surface area (Å²) in [5.41, 5.74) is 4.82. The number of nitrogens with zero attached hydrogens (tertiary/aromatic N) is 1. The Bertz CT molecular complexity index is 260. The maximum absolute atomic E-state index is 10.7. The van der Waals surface area contributed by atoms with Crippen molar-refractivity contribution < 1.29 is 9.52 Å². The highest BCUT2D eigenvalue weighted by Gasteiger charge is 2.08. The lowest BCUT2D eigenvalue weighted by Gasteiger charge is -1.97. The minimum absolute atomic E-state index is 0.0394. The van der Waals surface area contributed by atoms with Gasteiger partial charge in [0.05, 0.1) is 0 Å². The van der Waals surface area contributed by atoms with Gasteiger partial charge in [-0.2, -0.15) is 4.73 Å². The first-order valence-electron chi connectivity index (χ1n) is 2.70. The molecule has 0 saturated heterocycles. The highest BCUT2D eigenvalue weighted by Crippen LogP contribution is 1.86. The van der Waals surface area contributed by atoms with Crippen molar-refractivity contribution in [2.45, 2.75) is 0 Å². The van der Waals surface area contributed by atoms with Crippen LogP contribution in [-0.4, -0.2) is 5.91 Å². The average molecular weight is 138 g/mol. The van der Waals surface area contributed by atoms with Gasteiger partial charge in [0.15, 0.2) is 6.20 Å². The molecule has 0 aromatic carbocycles. The molecule has 0 spiro atoms. The zero-order valence-corrected chi connectivity index (χ0v) is 5.15. The molecule has 4 heteroatoms. The van der Waals surface area contributed by atoms with Crippen LogP contribution >= 0.6 is 0 Å². The van der Waals surface area contributed by atoms with Crippen molar-refractivity contribution in [3.8, 4) is 0 Å². The van der Waals surface area contributed by atoms with Crippen molar-refractivity contribution in [2.24, 2.45) is 5.73 Å². The van der Waals surface area contributed by atoms with Gasteiger partial charge in [0.25, 0.3) is 5.69 Å². The molecule has 0 unspecified atom stereocenters. The van der Waals surface area contributed by atoms with Gasteiger partial charge in [-0.1, -0.05) is 0 Å². The van der Waals surface area contributed by atoms with Crippen LogP contribution in [0.25, 0.3) is 0 Å². The number of pyridine rings is 1. The van der Waals surface area contributed by atoms with Gasteiger partial charge in [0, 0.05) is 12.1 Å². The lowest BCUT2D eigenvalue weighted by atomic mass is 10.3. The van der Waals surface area contributed by atoms with Gasteiger partial charge < -0.3 is 10.9 Å². The predicted octanol–water partition coefficient (Wildman–Crippen LogP) is -0.581. The Kier molecular flexibility index (Phi) is 1.53. The number of hydrogen-bond acceptors (Lipinski definition) is 2. The van der Waals surface area contributed by atoms with Crippen molar-refractivity contribution in [1.29, 1.82) is 0 Å². The van der Waals surface area contributed by atoms with Gasteiger partial charge in [0.2, 0.25) is 0 Å². The fraction of sp³-hybridized carbons (Fsp3) is 0. The summed E-state index contributed by atoms with van der Waals surface area (Å²) in [6.07, 6.45) is 1.22. The molecule has 1 heterocycles. The maximum Gasteiger partial charge on any atom is 0.314 e. The van der Waals surface area contributed by atoms with Gasteiger partial charge in [-0.05, 0) is 6.07 Å². The van der Waals surface area contributed by atoms with E-state index in [4.69, 9.17) is 5.73 Å². The molecule has 10 heavy (non-hydrogen) atoms. The van der Waals surface area contributed by atoms with Crippen LogP contribution in [0.5, 0.6) is 0 Å². The third-order valence-corrected chi connectivity index (χ3v) is 1.08. The second kappa shape index (κ2) is 2.34. The molecular weight excluding hydrogens is 132 g/mol. The summed E-state index contributed by atoms with van der Waals surface area (Å²) >= 11 is 0. The van der Waals surface area contributed by atoms with Crippen LogP contribution in [-0.2, 0) is 0 Å². The number of amides is 1. The Hall–Kier alpha value is -1.58. The van der Waals surface area contributed by atoms with Crippen LogP contribution in [0.15, 0.2) is 24.4 Å². The predicted molar refractivity (Wildman–Crippen MR) is 33.9 cm³/mol. The first-order valence-corrected chi connectivity index (χ1v) is 2.70. The summed E-state index contributed by atoms with van der Waals surface area (Å²) in [4.78, 5) is 10.4. The standard InChI is InChI=1S/C6H6N2O2/c7-6(9)5-3-1-2-4-8(5)10/h1-4H,(H2,7,9). The fourth-order valence-electron chi connectivity index (χ4n) is 0.619. The number of nitrogens with two attached hydrogens (primary N) is 1. The molecule has 0 aliphatic heterocycles. The summed E-state index contributed by atoms with van der Waals surface area (Å²) < 4.78 is 0.433. The van der Waals surface area contributed by atoms with Crippen molar-refractivity contribution in [3.63, 3.8) is 0 Å². The topological polar surface area (TPSA) is 70.0 Å². The van der Waals surface area contributed by atoms with E-state index in [9.17, 15) is 10.0 Å². The van der Waals surface area contributed by atoms with E-state index in [-0.39, 0.29) is 5.69 Å². The molecule has 1 rings (SSSR count). The second-order valence-electron chi connectivity index (χ2n) is 1.78. The molecule has 0 fully saturated rings. The third kappa shape index (κ3) is 1.05. The summed E-state index contributed by atoms with van der Waals surface area (Å²) in [5.74, 6) is -0.712. The van der Waals surface area contributed by atoms with Gasteiger partial charge in [-0.15, -0.1) is 0 Å². The van der Waals surface area contributed by atoms with E-state index in [1.807, 2.05) is 0 Å². The lowest BCUT2D eigenvalue weighted by Crippen LogP contribution is -2.36. The molecular formula is C6H6N2O2. The molecule has 1 aromatic heterocycles. The first-order chi connectivity index (χ1) is 4.72. The van der Waals surface area contributed by atoms with E-state index in [2.05, 4.69) is 0 Å². The highest BCUT2D eigenvalue weighted by atomic mass is 16.5. The highest BCUT2D eigenvalue weighted by molar-refractivity contribution is 5.89. The zero-order valence-electron chi connectivity index (χ0n) is 5.15. The molecule has 0 radical (unpaired) electrons. The number of hydrogen-bond donors (Lipinski definition) is 1. The average Bonchev–Trinajstić information content (AvgIpc) is 1.88. The molecule has 0 aliphatic carbocycles. The monoisotopic (exact) mass is 138 g/mol. The molecule has 52 valence electrons. The van der Waals surface area contributed by atoms with E-state index in [0.717, 1.165) is 0 Å². The minimum Gasteiger partial charge on any atom is -0.618 e. The first kappa shape index (κ1) is 6.54. The molecule has 0 aliphatic rings. The van der Waals surface area contributed by atoms with E-state index in [1.54, 1.807) is 6.07 Å². The Morgan fingerprint density at radius 3 is 2.70 bits per heavy atom. The van der Waals surface area contributed by atoms with Gasteiger partial charge in [0.1, 0.15) is 0 Å². The number of carbonyl (C=O) groups is 1. The summed E-state index contributed by atoms with van der Waals surface area (Å²) in [7, 11) is 0. The van der Waals surface area contributed by atoms with Crippen LogP contribution in [0.1, 0.15) is 10.5 Å². The second-order valence-corrected chi connectivity index (χ2v) is 1.78. The number of aromatic nitrogens is 1. The Labute approximate surface area is 57.5 Å². The summed E-state index contributed by atoms with van der Waals surface area (Å²) in [5, 5.41) is 10.7. The van der Waals surface area contributed by atoms with Crippen molar-refractivity contribution in [1.82, 2.24) is 0 Å². The summed E-state index contributed by atoms with van der Waals surface area (Å²) in [6, 6.07) is 4.48. The lowest BCUT2D eigenvalue weighted by molar-refractivity contribution is -0.607. The molecule has 0 saturated carbocycles. The molecule has 2 N–H and O–H groups in total. The molecule has 4 nitrogen and oxygen atoms in total. The van der Waals surface area contributed by atoms with Gasteiger partial charge >= 0.3 is 5.91 Å². The van der Waals surface area contributed by atoms with Crippen LogP contribution in [0.4, 0.5) is 0 Å². The van der Waals surface area contributed by atoms with Crippen LogP contribution in [0.2, 0.25) is 0 Å². The van der Waals surface area contributed by atoms with E-state index in [0.29, 0.717) is 4.73 Å². The largest absolute Gasteiger partial charge is 0.618 e. The quantitative estimate of drug-likeness (QED) is 0.416. The van der Waals surface area contributed by atoms with Crippen molar-refractivity contribution in [3.05, 3.63) is 35.3 Å². The number of primary amides is 1. The maximum atomic E-state index is 10.7. The molecule has 1 amide bonds. The van der Waals surface area contributed by atoms with Crippen molar-refractivity contribution >= 4 is 5.91 Å². The Morgan fingerprint density at radius 2 is 2.30 bits per heavy atom. The van der Waals surface area contributed by atoms with Crippen LogP contribution in [0, 0.1) is 5.21 Å². The Morgan fingerprint density at radius 1 is 1.60 bits per heavy atom. The normalized spacial score (nSPS) is 9.20. The van der Waals surface area contributed by atoms with E-state index in [1.165, 1.54) is 18.3 Å². The van der Waals surface area contributed by atoms with Crippen molar-refractivity contribution in [2.75, 3.05) is 0 Å². The molecule has 0 atom stereocenters. The van der Waals surface area contributed by atoms with Crippen LogP contribution in [0.3, 0.4) is 0 Å².